The van der Waals surface area contributed by atoms with E-state index in [2.05, 4.69) is 10.6 Å². The van der Waals surface area contributed by atoms with E-state index in [4.69, 9.17) is 9.47 Å². The number of alkyl halides is 2. The Morgan fingerprint density at radius 3 is 3.00 bits per heavy atom. The topological polar surface area (TPSA) is 59.6 Å². The highest BCUT2D eigenvalue weighted by molar-refractivity contribution is 5.92. The first-order valence-electron chi connectivity index (χ1n) is 6.76. The van der Waals surface area contributed by atoms with Gasteiger partial charge in [-0.1, -0.05) is 12.1 Å². The molecule has 0 aromatic heterocycles. The van der Waals surface area contributed by atoms with Gasteiger partial charge in [-0.15, -0.1) is 0 Å². The summed E-state index contributed by atoms with van der Waals surface area (Å²) in [5, 5.41) is 5.85. The van der Waals surface area contributed by atoms with Crippen LogP contribution in [0.2, 0.25) is 0 Å². The van der Waals surface area contributed by atoms with E-state index in [1.54, 1.807) is 24.3 Å². The monoisotopic (exact) mass is 300 g/mol. The molecule has 1 fully saturated rings. The zero-order chi connectivity index (χ0) is 15.1. The fourth-order valence-corrected chi connectivity index (χ4v) is 2.02. The summed E-state index contributed by atoms with van der Waals surface area (Å²) >= 11 is 0. The van der Waals surface area contributed by atoms with Crippen molar-refractivity contribution in [2.24, 2.45) is 0 Å². The van der Waals surface area contributed by atoms with E-state index in [-0.39, 0.29) is 24.1 Å². The molecule has 1 aliphatic rings. The SMILES string of the molecule is O=C(CC1COCCN1)Nc1ccccc1OCC(F)F. The van der Waals surface area contributed by atoms with Crippen molar-refractivity contribution in [2.45, 2.75) is 18.9 Å². The van der Waals surface area contributed by atoms with Gasteiger partial charge in [-0.3, -0.25) is 4.79 Å². The third kappa shape index (κ3) is 5.28. The smallest absolute Gasteiger partial charge is 0.272 e. The van der Waals surface area contributed by atoms with Gasteiger partial charge >= 0.3 is 0 Å². The van der Waals surface area contributed by atoms with Gasteiger partial charge in [0.1, 0.15) is 12.4 Å². The van der Waals surface area contributed by atoms with Crippen LogP contribution < -0.4 is 15.4 Å². The Labute approximate surface area is 121 Å². The maximum absolute atomic E-state index is 12.2. The number of para-hydroxylation sites is 2. The van der Waals surface area contributed by atoms with Crippen LogP contribution in [0.25, 0.3) is 0 Å². The van der Waals surface area contributed by atoms with Crippen LogP contribution in [0.3, 0.4) is 0 Å². The average molecular weight is 300 g/mol. The number of carbonyl (C=O) groups is 1. The average Bonchev–Trinajstić information content (AvgIpc) is 2.47. The number of nitrogens with one attached hydrogen (secondary N) is 2. The second-order valence-electron chi connectivity index (χ2n) is 4.68. The summed E-state index contributed by atoms with van der Waals surface area (Å²) in [4.78, 5) is 12.0. The van der Waals surface area contributed by atoms with Gasteiger partial charge in [-0.25, -0.2) is 8.78 Å². The van der Waals surface area contributed by atoms with Gasteiger partial charge in [0.15, 0.2) is 0 Å². The van der Waals surface area contributed by atoms with Crippen molar-refractivity contribution >= 4 is 11.6 Å². The minimum atomic E-state index is -2.56. The van der Waals surface area contributed by atoms with Crippen molar-refractivity contribution in [2.75, 3.05) is 31.7 Å². The number of benzene rings is 1. The fourth-order valence-electron chi connectivity index (χ4n) is 2.02. The van der Waals surface area contributed by atoms with E-state index in [1.165, 1.54) is 0 Å². The minimum Gasteiger partial charge on any atom is -0.485 e. The normalized spacial score (nSPS) is 18.5. The molecule has 1 aliphatic heterocycles. The van der Waals surface area contributed by atoms with Gasteiger partial charge in [0.05, 0.1) is 18.9 Å². The van der Waals surface area contributed by atoms with E-state index < -0.39 is 13.0 Å². The molecule has 7 heteroatoms. The minimum absolute atomic E-state index is 0.0344. The predicted molar refractivity (Wildman–Crippen MR) is 73.8 cm³/mol. The molecule has 2 N–H and O–H groups in total. The highest BCUT2D eigenvalue weighted by Crippen LogP contribution is 2.24. The largest absolute Gasteiger partial charge is 0.485 e. The van der Waals surface area contributed by atoms with Crippen LogP contribution in [0, 0.1) is 0 Å². The molecule has 1 saturated heterocycles. The van der Waals surface area contributed by atoms with Gasteiger partial charge in [-0.05, 0) is 12.1 Å². The van der Waals surface area contributed by atoms with Crippen LogP contribution in [0.5, 0.6) is 5.75 Å². The van der Waals surface area contributed by atoms with E-state index in [1.807, 2.05) is 0 Å². The number of halogens is 2. The zero-order valence-corrected chi connectivity index (χ0v) is 11.5. The molecule has 1 aromatic rings. The first-order valence-corrected chi connectivity index (χ1v) is 6.76. The van der Waals surface area contributed by atoms with Crippen LogP contribution in [0.1, 0.15) is 6.42 Å². The molecule has 0 aliphatic carbocycles. The number of morpholine rings is 1. The Morgan fingerprint density at radius 2 is 2.29 bits per heavy atom. The van der Waals surface area contributed by atoms with Crippen molar-refractivity contribution in [3.05, 3.63) is 24.3 Å². The molecule has 1 unspecified atom stereocenters. The van der Waals surface area contributed by atoms with E-state index in [9.17, 15) is 13.6 Å². The number of hydrogen-bond acceptors (Lipinski definition) is 4. The molecule has 116 valence electrons. The molecule has 1 amide bonds. The van der Waals surface area contributed by atoms with Crippen molar-refractivity contribution in [1.82, 2.24) is 5.32 Å². The van der Waals surface area contributed by atoms with Crippen LogP contribution in [-0.4, -0.2) is 44.7 Å². The summed E-state index contributed by atoms with van der Waals surface area (Å²) in [5.74, 6) is 0.0186. The summed E-state index contributed by atoms with van der Waals surface area (Å²) in [5.41, 5.74) is 0.389. The number of ether oxygens (including phenoxy) is 2. The van der Waals surface area contributed by atoms with Crippen molar-refractivity contribution in [3.63, 3.8) is 0 Å². The molecule has 1 aromatic carbocycles. The van der Waals surface area contributed by atoms with Crippen molar-refractivity contribution < 1.29 is 23.0 Å². The Balaban J connectivity index is 1.90. The zero-order valence-electron chi connectivity index (χ0n) is 11.5. The van der Waals surface area contributed by atoms with Crippen LogP contribution >= 0.6 is 0 Å². The number of hydrogen-bond donors (Lipinski definition) is 2. The molecule has 1 atom stereocenters. The first-order chi connectivity index (χ1) is 10.1. The lowest BCUT2D eigenvalue weighted by atomic mass is 10.2. The molecule has 0 bridgehead atoms. The van der Waals surface area contributed by atoms with Crippen LogP contribution in [0.15, 0.2) is 24.3 Å². The summed E-state index contributed by atoms with van der Waals surface area (Å²) < 4.78 is 34.6. The Morgan fingerprint density at radius 1 is 1.48 bits per heavy atom. The molecule has 1 heterocycles. The summed E-state index contributed by atoms with van der Waals surface area (Å²) in [6.07, 6.45) is -2.30. The van der Waals surface area contributed by atoms with Crippen LogP contribution in [0.4, 0.5) is 14.5 Å². The second kappa shape index (κ2) is 7.90. The Hall–Kier alpha value is -1.73. The molecule has 0 saturated carbocycles. The van der Waals surface area contributed by atoms with Gasteiger partial charge in [-0.2, -0.15) is 0 Å². The summed E-state index contributed by atoms with van der Waals surface area (Å²) in [7, 11) is 0. The lowest BCUT2D eigenvalue weighted by Crippen LogP contribution is -2.43. The van der Waals surface area contributed by atoms with Gasteiger partial charge < -0.3 is 20.1 Å². The number of rotatable bonds is 6. The van der Waals surface area contributed by atoms with E-state index in [0.717, 1.165) is 0 Å². The van der Waals surface area contributed by atoms with Gasteiger partial charge in [0.2, 0.25) is 5.91 Å². The van der Waals surface area contributed by atoms with E-state index in [0.29, 0.717) is 25.4 Å². The molecule has 0 radical (unpaired) electrons. The second-order valence-corrected chi connectivity index (χ2v) is 4.68. The fraction of sp³-hybridized carbons (Fsp3) is 0.500. The Kier molecular flexibility index (Phi) is 5.89. The van der Waals surface area contributed by atoms with Crippen molar-refractivity contribution in [1.29, 1.82) is 0 Å². The maximum Gasteiger partial charge on any atom is 0.272 e. The highest BCUT2D eigenvalue weighted by atomic mass is 19.3. The number of anilines is 1. The standard InChI is InChI=1S/C14H18F2N2O3/c15-13(16)9-21-12-4-2-1-3-11(12)18-14(19)7-10-8-20-6-5-17-10/h1-4,10,13,17H,5-9H2,(H,18,19). The van der Waals surface area contributed by atoms with Gasteiger partial charge in [0.25, 0.3) is 6.43 Å². The molecule has 0 spiro atoms. The highest BCUT2D eigenvalue weighted by Gasteiger charge is 2.18. The van der Waals surface area contributed by atoms with Crippen molar-refractivity contribution in [3.8, 4) is 5.75 Å². The number of amides is 1. The third-order valence-electron chi connectivity index (χ3n) is 2.96. The molecule has 21 heavy (non-hydrogen) atoms. The van der Waals surface area contributed by atoms with Gasteiger partial charge in [0, 0.05) is 19.0 Å². The predicted octanol–water partition coefficient (Wildman–Crippen LogP) is 1.65. The maximum atomic E-state index is 12.2. The van der Waals surface area contributed by atoms with Crippen LogP contribution in [-0.2, 0) is 9.53 Å². The third-order valence-corrected chi connectivity index (χ3v) is 2.96. The van der Waals surface area contributed by atoms with E-state index >= 15 is 0 Å². The lowest BCUT2D eigenvalue weighted by molar-refractivity contribution is -0.117. The first kappa shape index (κ1) is 15.7. The quantitative estimate of drug-likeness (QED) is 0.838. The lowest BCUT2D eigenvalue weighted by Gasteiger charge is -2.23. The molecular weight excluding hydrogens is 282 g/mol. The summed E-state index contributed by atoms with van der Waals surface area (Å²) in [6.45, 7) is 1.14. The molecule has 2 rings (SSSR count). The summed E-state index contributed by atoms with van der Waals surface area (Å²) in [6, 6.07) is 6.48. The molecule has 5 nitrogen and oxygen atoms in total. The Bertz CT molecular complexity index is 465. The number of carbonyl (C=O) groups excluding carboxylic acids is 1. The molecular formula is C14H18F2N2O3.